The van der Waals surface area contributed by atoms with Crippen molar-refractivity contribution in [2.24, 2.45) is 23.7 Å². The average Bonchev–Trinajstić information content (AvgIpc) is 3.52. The number of nitro groups is 1. The molecule has 6 nitrogen and oxygen atoms in total. The van der Waals surface area contributed by atoms with Crippen molar-refractivity contribution in [3.63, 3.8) is 0 Å². The van der Waals surface area contributed by atoms with Gasteiger partial charge in [0.25, 0.3) is 5.69 Å². The largest absolute Gasteiger partial charge is 0.293 e. The lowest BCUT2D eigenvalue weighted by Crippen LogP contribution is -2.34. The minimum atomic E-state index is -0.570. The fraction of sp³-hybridized carbons (Fsp3) is 0.250. The van der Waals surface area contributed by atoms with Gasteiger partial charge in [0.2, 0.25) is 11.8 Å². The van der Waals surface area contributed by atoms with Crippen LogP contribution in [0.5, 0.6) is 0 Å². The van der Waals surface area contributed by atoms with Crippen LogP contribution in [0.1, 0.15) is 33.4 Å². The molecule has 38 heavy (non-hydrogen) atoms. The zero-order valence-electron chi connectivity index (χ0n) is 21.8. The zero-order valence-corrected chi connectivity index (χ0v) is 21.8. The number of allylic oxidation sites excluding steroid dienone is 3. The second-order valence-corrected chi connectivity index (χ2v) is 10.7. The van der Waals surface area contributed by atoms with Crippen molar-refractivity contribution in [2.45, 2.75) is 27.7 Å². The topological polar surface area (TPSA) is 80.5 Å². The van der Waals surface area contributed by atoms with Gasteiger partial charge in [-0.15, -0.1) is 0 Å². The SMILES string of the molecule is Cc1ccc(C(=C2[C@H]3C=C[C@H]2[C@@H]2C(=O)N(c4cc(C)c(C)cc4[N+](=O)[O-])C(=O)[C@H]23)c2ccc(C)cc2)cc1. The molecule has 0 spiro atoms. The molecule has 190 valence electrons. The van der Waals surface area contributed by atoms with E-state index >= 15 is 0 Å². The van der Waals surface area contributed by atoms with Crippen molar-refractivity contribution in [2.75, 3.05) is 4.90 Å². The number of nitrogens with zero attached hydrogens (tertiary/aromatic N) is 2. The third-order valence-corrected chi connectivity index (χ3v) is 8.41. The van der Waals surface area contributed by atoms with Gasteiger partial charge in [0.15, 0.2) is 0 Å². The van der Waals surface area contributed by atoms with Crippen LogP contribution in [0.3, 0.4) is 0 Å². The first-order chi connectivity index (χ1) is 18.2. The van der Waals surface area contributed by atoms with E-state index in [1.165, 1.54) is 6.07 Å². The number of hydrogen-bond donors (Lipinski definition) is 0. The third-order valence-electron chi connectivity index (χ3n) is 8.41. The van der Waals surface area contributed by atoms with E-state index in [9.17, 15) is 19.7 Å². The second-order valence-electron chi connectivity index (χ2n) is 10.7. The van der Waals surface area contributed by atoms with Crippen molar-refractivity contribution in [1.82, 2.24) is 0 Å². The van der Waals surface area contributed by atoms with Gasteiger partial charge in [-0.3, -0.25) is 19.7 Å². The van der Waals surface area contributed by atoms with Gasteiger partial charge in [-0.05, 0) is 67.2 Å². The number of benzene rings is 3. The Morgan fingerprint density at radius 3 is 1.63 bits per heavy atom. The second kappa shape index (κ2) is 8.62. The molecule has 3 aliphatic rings. The van der Waals surface area contributed by atoms with Crippen LogP contribution in [0.4, 0.5) is 11.4 Å². The lowest BCUT2D eigenvalue weighted by Gasteiger charge is -2.22. The van der Waals surface area contributed by atoms with E-state index in [-0.39, 0.29) is 35.0 Å². The maximum Gasteiger partial charge on any atom is 0.293 e. The smallest absolute Gasteiger partial charge is 0.274 e. The maximum atomic E-state index is 13.9. The van der Waals surface area contributed by atoms with Gasteiger partial charge in [0.05, 0.1) is 16.8 Å². The number of carbonyl (C=O) groups is 2. The number of hydrogen-bond acceptors (Lipinski definition) is 4. The van der Waals surface area contributed by atoms with Crippen LogP contribution in [-0.2, 0) is 9.59 Å². The summed E-state index contributed by atoms with van der Waals surface area (Å²) in [6.45, 7) is 7.71. The van der Waals surface area contributed by atoms with Crippen LogP contribution in [0.2, 0.25) is 0 Å². The van der Waals surface area contributed by atoms with Gasteiger partial charge in [-0.1, -0.05) is 71.8 Å². The summed E-state index contributed by atoms with van der Waals surface area (Å²) in [5.41, 5.74) is 7.95. The van der Waals surface area contributed by atoms with Gasteiger partial charge in [0, 0.05) is 17.9 Å². The predicted molar refractivity (Wildman–Crippen MR) is 147 cm³/mol. The van der Waals surface area contributed by atoms with Crippen LogP contribution >= 0.6 is 0 Å². The first-order valence-electron chi connectivity index (χ1n) is 12.9. The highest BCUT2D eigenvalue weighted by molar-refractivity contribution is 6.24. The Morgan fingerprint density at radius 2 is 1.18 bits per heavy atom. The summed E-state index contributed by atoms with van der Waals surface area (Å²) in [7, 11) is 0. The van der Waals surface area contributed by atoms with Crippen LogP contribution in [-0.4, -0.2) is 16.7 Å². The number of fused-ring (bicyclic) bond motifs is 5. The van der Waals surface area contributed by atoms with Crippen LogP contribution < -0.4 is 4.90 Å². The molecule has 3 aromatic carbocycles. The summed E-state index contributed by atoms with van der Waals surface area (Å²) in [5.74, 6) is -2.33. The van der Waals surface area contributed by atoms with Gasteiger partial charge in [-0.2, -0.15) is 0 Å². The van der Waals surface area contributed by atoms with Crippen LogP contribution in [0.25, 0.3) is 5.57 Å². The van der Waals surface area contributed by atoms with Gasteiger partial charge < -0.3 is 0 Å². The molecule has 1 heterocycles. The van der Waals surface area contributed by atoms with E-state index in [1.807, 2.05) is 32.9 Å². The molecule has 1 aliphatic heterocycles. The summed E-state index contributed by atoms with van der Waals surface area (Å²) in [4.78, 5) is 40.3. The molecule has 3 aromatic rings. The summed E-state index contributed by atoms with van der Waals surface area (Å²) in [6, 6.07) is 19.7. The van der Waals surface area contributed by atoms with E-state index in [0.29, 0.717) is 0 Å². The molecular weight excluding hydrogens is 476 g/mol. The Kier molecular flexibility index (Phi) is 5.45. The van der Waals surface area contributed by atoms with Gasteiger partial charge in [-0.25, -0.2) is 4.90 Å². The highest BCUT2D eigenvalue weighted by atomic mass is 16.6. The molecule has 0 unspecified atom stereocenters. The van der Waals surface area contributed by atoms with E-state index < -0.39 is 16.8 Å². The van der Waals surface area contributed by atoms with E-state index in [0.717, 1.165) is 49.4 Å². The quantitative estimate of drug-likeness (QED) is 0.182. The molecule has 0 aromatic heterocycles. The lowest BCUT2D eigenvalue weighted by molar-refractivity contribution is -0.384. The van der Waals surface area contributed by atoms with Crippen molar-refractivity contribution < 1.29 is 14.5 Å². The molecule has 2 bridgehead atoms. The monoisotopic (exact) mass is 504 g/mol. The van der Waals surface area contributed by atoms with Crippen LogP contribution in [0.15, 0.2) is 78.4 Å². The van der Waals surface area contributed by atoms with E-state index in [2.05, 4.69) is 48.5 Å². The zero-order chi connectivity index (χ0) is 26.9. The number of rotatable bonds is 4. The summed E-state index contributed by atoms with van der Waals surface area (Å²) >= 11 is 0. The first kappa shape index (κ1) is 24.0. The molecule has 6 rings (SSSR count). The minimum Gasteiger partial charge on any atom is -0.274 e. The third kappa shape index (κ3) is 3.47. The number of imide groups is 1. The molecule has 2 aliphatic carbocycles. The van der Waals surface area contributed by atoms with Gasteiger partial charge >= 0.3 is 0 Å². The molecular formula is C32H28N2O4. The summed E-state index contributed by atoms with van der Waals surface area (Å²) < 4.78 is 0. The predicted octanol–water partition coefficient (Wildman–Crippen LogP) is 6.25. The summed E-state index contributed by atoms with van der Waals surface area (Å²) in [5, 5.41) is 11.9. The van der Waals surface area contributed by atoms with E-state index in [4.69, 9.17) is 0 Å². The normalized spacial score (nSPS) is 23.4. The number of carbonyl (C=O) groups excluding carboxylic acids is 2. The van der Waals surface area contributed by atoms with Crippen molar-refractivity contribution in [1.29, 1.82) is 0 Å². The molecule has 0 radical (unpaired) electrons. The van der Waals surface area contributed by atoms with Crippen LogP contribution in [0, 0.1) is 61.5 Å². The molecule has 2 fully saturated rings. The molecule has 1 saturated carbocycles. The Morgan fingerprint density at radius 1 is 0.737 bits per heavy atom. The van der Waals surface area contributed by atoms with E-state index in [1.54, 1.807) is 13.0 Å². The number of anilines is 1. The molecule has 6 heteroatoms. The summed E-state index contributed by atoms with van der Waals surface area (Å²) in [6.07, 6.45) is 4.10. The number of amides is 2. The van der Waals surface area contributed by atoms with Crippen molar-refractivity contribution >= 4 is 28.8 Å². The minimum absolute atomic E-state index is 0.0738. The Bertz CT molecular complexity index is 1500. The first-order valence-corrected chi connectivity index (χ1v) is 12.9. The maximum absolute atomic E-state index is 13.9. The number of aryl methyl sites for hydroxylation is 4. The Labute approximate surface area is 221 Å². The average molecular weight is 505 g/mol. The van der Waals surface area contributed by atoms with Crippen molar-refractivity contribution in [3.8, 4) is 0 Å². The number of nitro benzene ring substituents is 1. The molecule has 0 N–H and O–H groups in total. The molecule has 2 amide bonds. The highest BCUT2D eigenvalue weighted by Crippen LogP contribution is 2.59. The standard InChI is InChI=1S/C32H28N2O4/c1-17-5-9-21(10-6-17)27(22-11-7-18(2)8-12-22)28-23-13-14-24(28)30-29(23)31(35)33(32(30)36)25-15-19(3)20(4)16-26(25)34(37)38/h5-16,23-24,29-30H,1-4H3/t23-,24-,29+,30+/m1/s1. The lowest BCUT2D eigenvalue weighted by atomic mass is 9.85. The fourth-order valence-corrected chi connectivity index (χ4v) is 6.39. The van der Waals surface area contributed by atoms with Crippen molar-refractivity contribution in [3.05, 3.63) is 122 Å². The Balaban J connectivity index is 1.49. The fourth-order valence-electron chi connectivity index (χ4n) is 6.39. The Hall–Kier alpha value is -4.32. The molecule has 4 atom stereocenters. The molecule has 1 saturated heterocycles. The highest BCUT2D eigenvalue weighted by Gasteiger charge is 2.63. The van der Waals surface area contributed by atoms with Gasteiger partial charge in [0.1, 0.15) is 5.69 Å².